The molecule has 3 aromatic rings. The van der Waals surface area contributed by atoms with Gasteiger partial charge in [-0.05, 0) is 81.9 Å². The second-order valence-electron chi connectivity index (χ2n) is 10.4. The van der Waals surface area contributed by atoms with E-state index in [1.165, 1.54) is 0 Å². The van der Waals surface area contributed by atoms with E-state index in [1.807, 2.05) is 45.9 Å². The van der Waals surface area contributed by atoms with E-state index in [-0.39, 0.29) is 36.2 Å². The molecule has 1 aromatic carbocycles. The highest BCUT2D eigenvalue weighted by molar-refractivity contribution is 5.79. The molecule has 0 aliphatic carbocycles. The summed E-state index contributed by atoms with van der Waals surface area (Å²) in [4.78, 5) is 35.2. The molecule has 1 unspecified atom stereocenters. The lowest BCUT2D eigenvalue weighted by Gasteiger charge is -2.39. The molecule has 9 nitrogen and oxygen atoms in total. The van der Waals surface area contributed by atoms with Crippen LogP contribution < -0.4 is 11.4 Å². The van der Waals surface area contributed by atoms with Gasteiger partial charge in [-0.1, -0.05) is 12.1 Å². The van der Waals surface area contributed by atoms with Gasteiger partial charge in [-0.15, -0.1) is 0 Å². The highest BCUT2D eigenvalue weighted by atomic mass is 16.3. The van der Waals surface area contributed by atoms with Crippen LogP contribution in [-0.2, 0) is 11.3 Å². The first-order valence-electron chi connectivity index (χ1n) is 13.5. The number of aliphatic hydroxyl groups is 1. The zero-order valence-corrected chi connectivity index (χ0v) is 21.6. The van der Waals surface area contributed by atoms with Crippen LogP contribution in [0.4, 0.5) is 5.82 Å². The lowest BCUT2D eigenvalue weighted by atomic mass is 9.92. The van der Waals surface area contributed by atoms with Gasteiger partial charge in [0.1, 0.15) is 5.82 Å². The van der Waals surface area contributed by atoms with E-state index in [0.29, 0.717) is 31.9 Å². The minimum Gasteiger partial charge on any atom is -0.396 e. The zero-order valence-electron chi connectivity index (χ0n) is 21.6. The molecule has 2 aromatic heterocycles. The standard InChI is InChI=1S/C28H38N6O3/c1-20(22-7-12-30-26(29)19-22)31-14-8-21(9-15-31)27(36)32-16-10-23(11-17-32)34-25-6-3-2-5-24(25)33(28(34)37)13-4-18-35/h2-3,5-7,12,19-21,23,35H,4,8-11,13-18H2,1H3,(H2,29,30). The summed E-state index contributed by atoms with van der Waals surface area (Å²) in [6, 6.07) is 12.1. The number of nitrogens with zero attached hydrogens (tertiary/aromatic N) is 5. The molecule has 0 saturated carbocycles. The number of fused-ring (bicyclic) bond motifs is 1. The third-order valence-electron chi connectivity index (χ3n) is 8.26. The Labute approximate surface area is 217 Å². The SMILES string of the molecule is CC(c1ccnc(N)c1)N1CCC(C(=O)N2CCC(n3c(=O)n(CCCO)c4ccccc43)CC2)CC1. The summed E-state index contributed by atoms with van der Waals surface area (Å²) < 4.78 is 3.69. The number of aliphatic hydroxyl groups excluding tert-OH is 1. The lowest BCUT2D eigenvalue weighted by molar-refractivity contribution is -0.138. The summed E-state index contributed by atoms with van der Waals surface area (Å²) in [5.74, 6) is 0.858. The van der Waals surface area contributed by atoms with Crippen LogP contribution >= 0.6 is 0 Å². The molecule has 0 bridgehead atoms. The van der Waals surface area contributed by atoms with Crippen LogP contribution in [0.15, 0.2) is 47.4 Å². The number of amides is 1. The maximum atomic E-state index is 13.4. The van der Waals surface area contributed by atoms with Crippen molar-refractivity contribution in [3.8, 4) is 0 Å². The van der Waals surface area contributed by atoms with Crippen LogP contribution in [0.25, 0.3) is 11.0 Å². The van der Waals surface area contributed by atoms with Crippen LogP contribution in [0, 0.1) is 5.92 Å². The van der Waals surface area contributed by atoms with Crippen LogP contribution in [-0.4, -0.2) is 67.7 Å². The predicted octanol–water partition coefficient (Wildman–Crippen LogP) is 2.80. The summed E-state index contributed by atoms with van der Waals surface area (Å²) in [5, 5.41) is 9.27. The van der Waals surface area contributed by atoms with E-state index in [4.69, 9.17) is 5.73 Å². The van der Waals surface area contributed by atoms with Crippen molar-refractivity contribution in [2.45, 2.75) is 57.7 Å². The topological polar surface area (TPSA) is 110 Å². The van der Waals surface area contributed by atoms with Gasteiger partial charge < -0.3 is 15.7 Å². The first-order chi connectivity index (χ1) is 18.0. The fraction of sp³-hybridized carbons (Fsp3) is 0.536. The molecule has 37 heavy (non-hydrogen) atoms. The minimum atomic E-state index is -0.0168. The number of nitrogens with two attached hydrogens (primary N) is 1. The van der Waals surface area contributed by atoms with Gasteiger partial charge in [0.15, 0.2) is 0 Å². The number of carbonyl (C=O) groups excluding carboxylic acids is 1. The zero-order chi connectivity index (χ0) is 25.9. The number of pyridine rings is 1. The number of anilines is 1. The molecule has 5 rings (SSSR count). The Morgan fingerprint density at radius 3 is 2.46 bits per heavy atom. The van der Waals surface area contributed by atoms with Crippen molar-refractivity contribution >= 4 is 22.8 Å². The molecule has 4 heterocycles. The Kier molecular flexibility index (Phi) is 7.62. The molecule has 0 spiro atoms. The van der Waals surface area contributed by atoms with Crippen molar-refractivity contribution in [3.05, 3.63) is 58.6 Å². The number of aryl methyl sites for hydroxylation is 1. The second-order valence-corrected chi connectivity index (χ2v) is 10.4. The smallest absolute Gasteiger partial charge is 0.329 e. The van der Waals surface area contributed by atoms with Crippen molar-refractivity contribution < 1.29 is 9.90 Å². The number of likely N-dealkylation sites (tertiary alicyclic amines) is 2. The third kappa shape index (κ3) is 5.15. The molecule has 2 saturated heterocycles. The van der Waals surface area contributed by atoms with Gasteiger partial charge in [0.2, 0.25) is 5.91 Å². The third-order valence-corrected chi connectivity index (χ3v) is 8.26. The van der Waals surface area contributed by atoms with E-state index >= 15 is 0 Å². The highest BCUT2D eigenvalue weighted by Gasteiger charge is 2.33. The van der Waals surface area contributed by atoms with E-state index in [0.717, 1.165) is 55.4 Å². The largest absolute Gasteiger partial charge is 0.396 e. The van der Waals surface area contributed by atoms with Gasteiger partial charge in [0, 0.05) is 50.4 Å². The summed E-state index contributed by atoms with van der Waals surface area (Å²) in [5.41, 5.74) is 8.86. The van der Waals surface area contributed by atoms with E-state index < -0.39 is 0 Å². The van der Waals surface area contributed by atoms with Gasteiger partial charge in [0.25, 0.3) is 0 Å². The van der Waals surface area contributed by atoms with Crippen LogP contribution in [0.3, 0.4) is 0 Å². The second kappa shape index (κ2) is 11.1. The molecular weight excluding hydrogens is 468 g/mol. The van der Waals surface area contributed by atoms with Crippen molar-refractivity contribution in [1.29, 1.82) is 0 Å². The molecule has 2 aliphatic heterocycles. The molecule has 3 N–H and O–H groups in total. The number of hydrogen-bond acceptors (Lipinski definition) is 6. The van der Waals surface area contributed by atoms with Crippen molar-refractivity contribution in [3.63, 3.8) is 0 Å². The monoisotopic (exact) mass is 506 g/mol. The van der Waals surface area contributed by atoms with Crippen molar-refractivity contribution in [2.24, 2.45) is 5.92 Å². The number of carbonyl (C=O) groups is 1. The van der Waals surface area contributed by atoms with Gasteiger partial charge in [-0.3, -0.25) is 18.8 Å². The number of imidazole rings is 1. The van der Waals surface area contributed by atoms with Gasteiger partial charge in [0.05, 0.1) is 11.0 Å². The normalized spacial score (nSPS) is 18.9. The molecular formula is C28H38N6O3. The Morgan fingerprint density at radius 1 is 1.08 bits per heavy atom. The Morgan fingerprint density at radius 2 is 1.78 bits per heavy atom. The Balaban J connectivity index is 1.19. The molecule has 9 heteroatoms. The number of rotatable bonds is 7. The maximum Gasteiger partial charge on any atom is 0.329 e. The number of aromatic nitrogens is 3. The summed E-state index contributed by atoms with van der Waals surface area (Å²) in [7, 11) is 0. The Hall–Kier alpha value is -3.17. The van der Waals surface area contributed by atoms with Gasteiger partial charge in [-0.25, -0.2) is 9.78 Å². The molecule has 0 radical (unpaired) electrons. The number of benzene rings is 1. The van der Waals surface area contributed by atoms with Gasteiger partial charge >= 0.3 is 5.69 Å². The van der Waals surface area contributed by atoms with Crippen molar-refractivity contribution in [1.82, 2.24) is 23.9 Å². The van der Waals surface area contributed by atoms with E-state index in [2.05, 4.69) is 16.8 Å². The fourth-order valence-corrected chi connectivity index (χ4v) is 6.10. The first-order valence-corrected chi connectivity index (χ1v) is 13.5. The summed E-state index contributed by atoms with van der Waals surface area (Å²) in [6.45, 7) is 5.88. The predicted molar refractivity (Wildman–Crippen MR) is 144 cm³/mol. The number of piperidine rings is 2. The van der Waals surface area contributed by atoms with Crippen LogP contribution in [0.2, 0.25) is 0 Å². The maximum absolute atomic E-state index is 13.4. The highest BCUT2D eigenvalue weighted by Crippen LogP contribution is 2.30. The van der Waals surface area contributed by atoms with E-state index in [9.17, 15) is 14.7 Å². The molecule has 198 valence electrons. The van der Waals surface area contributed by atoms with Crippen molar-refractivity contribution in [2.75, 3.05) is 38.5 Å². The molecule has 1 atom stereocenters. The number of nitrogen functional groups attached to an aromatic ring is 1. The quantitative estimate of drug-likeness (QED) is 0.510. The fourth-order valence-electron chi connectivity index (χ4n) is 6.10. The average Bonchev–Trinajstić information content (AvgIpc) is 3.22. The summed E-state index contributed by atoms with van der Waals surface area (Å²) >= 11 is 0. The Bertz CT molecular complexity index is 1280. The summed E-state index contributed by atoms with van der Waals surface area (Å²) in [6.07, 6.45) is 5.58. The van der Waals surface area contributed by atoms with Gasteiger partial charge in [-0.2, -0.15) is 0 Å². The lowest BCUT2D eigenvalue weighted by Crippen LogP contribution is -2.46. The molecule has 2 fully saturated rings. The minimum absolute atomic E-state index is 0.0168. The van der Waals surface area contributed by atoms with Crippen LogP contribution in [0.5, 0.6) is 0 Å². The first kappa shape index (κ1) is 25.5. The van der Waals surface area contributed by atoms with E-state index in [1.54, 1.807) is 10.8 Å². The molecule has 1 amide bonds. The number of hydrogen-bond donors (Lipinski definition) is 2. The number of para-hydroxylation sites is 2. The van der Waals surface area contributed by atoms with Crippen LogP contribution in [0.1, 0.15) is 56.7 Å². The molecule has 2 aliphatic rings. The average molecular weight is 507 g/mol.